The Hall–Kier alpha value is -1.48. The highest BCUT2D eigenvalue weighted by Crippen LogP contribution is 2.22. The first-order valence-electron chi connectivity index (χ1n) is 5.73. The molecule has 1 aromatic carbocycles. The molecule has 0 saturated carbocycles. The van der Waals surface area contributed by atoms with Crippen molar-refractivity contribution in [2.45, 2.75) is 19.8 Å². The van der Waals surface area contributed by atoms with Crippen LogP contribution in [0.2, 0.25) is 5.02 Å². The molecule has 1 amide bonds. The van der Waals surface area contributed by atoms with E-state index in [0.29, 0.717) is 13.0 Å². The number of nitrogens with one attached hydrogen (secondary N) is 2. The van der Waals surface area contributed by atoms with Crippen LogP contribution in [0.1, 0.15) is 18.9 Å². The van der Waals surface area contributed by atoms with Crippen molar-refractivity contribution >= 4 is 28.4 Å². The van der Waals surface area contributed by atoms with Gasteiger partial charge in [0.05, 0.1) is 0 Å². The van der Waals surface area contributed by atoms with Crippen LogP contribution < -0.4 is 5.32 Å². The summed E-state index contributed by atoms with van der Waals surface area (Å²) in [6.07, 6.45) is 3.31. The highest BCUT2D eigenvalue weighted by atomic mass is 35.5. The first-order valence-corrected chi connectivity index (χ1v) is 6.10. The van der Waals surface area contributed by atoms with E-state index < -0.39 is 0 Å². The number of amides is 1. The minimum absolute atomic E-state index is 0.0860. The van der Waals surface area contributed by atoms with Crippen molar-refractivity contribution in [1.29, 1.82) is 0 Å². The number of halogens is 1. The number of aromatic amines is 1. The highest BCUT2D eigenvalue weighted by molar-refractivity contribution is 6.31. The van der Waals surface area contributed by atoms with Gasteiger partial charge in [0.1, 0.15) is 0 Å². The number of hydrogen-bond donors (Lipinski definition) is 2. The van der Waals surface area contributed by atoms with Gasteiger partial charge in [-0.2, -0.15) is 0 Å². The number of fused-ring (bicyclic) bond motifs is 1. The van der Waals surface area contributed by atoms with Crippen LogP contribution in [0, 0.1) is 0 Å². The molecule has 3 nitrogen and oxygen atoms in total. The normalized spacial score (nSPS) is 10.7. The Labute approximate surface area is 105 Å². The zero-order chi connectivity index (χ0) is 12.3. The van der Waals surface area contributed by atoms with Crippen LogP contribution >= 0.6 is 11.6 Å². The summed E-state index contributed by atoms with van der Waals surface area (Å²) in [5.74, 6) is 0.0860. The second-order valence-electron chi connectivity index (χ2n) is 3.96. The fourth-order valence-electron chi connectivity index (χ4n) is 1.82. The van der Waals surface area contributed by atoms with E-state index in [1.54, 1.807) is 0 Å². The van der Waals surface area contributed by atoms with Gasteiger partial charge in [0.15, 0.2) is 0 Å². The zero-order valence-electron chi connectivity index (χ0n) is 9.72. The highest BCUT2D eigenvalue weighted by Gasteiger charge is 2.04. The fraction of sp³-hybridized carbons (Fsp3) is 0.308. The van der Waals surface area contributed by atoms with E-state index in [1.165, 1.54) is 5.56 Å². The van der Waals surface area contributed by atoms with Crippen LogP contribution in [0.3, 0.4) is 0 Å². The van der Waals surface area contributed by atoms with Gasteiger partial charge in [0, 0.05) is 35.1 Å². The van der Waals surface area contributed by atoms with E-state index >= 15 is 0 Å². The molecule has 17 heavy (non-hydrogen) atoms. The number of rotatable bonds is 4. The maximum Gasteiger partial charge on any atom is 0.219 e. The predicted molar refractivity (Wildman–Crippen MR) is 70.3 cm³/mol. The summed E-state index contributed by atoms with van der Waals surface area (Å²) in [4.78, 5) is 14.3. The van der Waals surface area contributed by atoms with Gasteiger partial charge in [-0.1, -0.05) is 18.5 Å². The van der Waals surface area contributed by atoms with Crippen molar-refractivity contribution < 1.29 is 4.79 Å². The van der Waals surface area contributed by atoms with E-state index in [9.17, 15) is 4.79 Å². The van der Waals surface area contributed by atoms with E-state index in [1.807, 2.05) is 31.3 Å². The van der Waals surface area contributed by atoms with Gasteiger partial charge in [0.25, 0.3) is 0 Å². The van der Waals surface area contributed by atoms with Gasteiger partial charge in [-0.05, 0) is 30.2 Å². The van der Waals surface area contributed by atoms with Gasteiger partial charge in [-0.25, -0.2) is 0 Å². The minimum atomic E-state index is 0.0860. The average Bonchev–Trinajstić information content (AvgIpc) is 2.72. The Balaban J connectivity index is 2.08. The summed E-state index contributed by atoms with van der Waals surface area (Å²) < 4.78 is 0. The number of aromatic nitrogens is 1. The minimum Gasteiger partial charge on any atom is -0.361 e. The molecule has 0 radical (unpaired) electrons. The summed E-state index contributed by atoms with van der Waals surface area (Å²) in [6.45, 7) is 2.51. The standard InChI is InChI=1S/C13H15ClN2O/c1-2-13(17)15-6-5-9-8-16-12-4-3-10(14)7-11(9)12/h3-4,7-8,16H,2,5-6H2,1H3,(H,15,17). The predicted octanol–water partition coefficient (Wildman–Crippen LogP) is 2.89. The SMILES string of the molecule is CCC(=O)NCCc1c[nH]c2ccc(Cl)cc12. The van der Waals surface area contributed by atoms with E-state index in [4.69, 9.17) is 11.6 Å². The lowest BCUT2D eigenvalue weighted by Gasteiger charge is -2.02. The number of H-pyrrole nitrogens is 1. The lowest BCUT2D eigenvalue weighted by Crippen LogP contribution is -2.24. The third-order valence-electron chi connectivity index (χ3n) is 2.77. The summed E-state index contributed by atoms with van der Waals surface area (Å²) in [7, 11) is 0. The van der Waals surface area contributed by atoms with Crippen LogP contribution in [0.15, 0.2) is 24.4 Å². The van der Waals surface area contributed by atoms with Gasteiger partial charge >= 0.3 is 0 Å². The summed E-state index contributed by atoms with van der Waals surface area (Å²) >= 11 is 5.97. The summed E-state index contributed by atoms with van der Waals surface area (Å²) in [6, 6.07) is 5.78. The number of hydrogen-bond acceptors (Lipinski definition) is 1. The molecule has 2 N–H and O–H groups in total. The molecule has 1 aromatic heterocycles. The number of carbonyl (C=O) groups excluding carboxylic acids is 1. The maximum atomic E-state index is 11.1. The summed E-state index contributed by atoms with van der Waals surface area (Å²) in [5.41, 5.74) is 2.25. The Bertz CT molecular complexity index is 533. The second kappa shape index (κ2) is 5.23. The van der Waals surface area contributed by atoms with E-state index in [2.05, 4.69) is 10.3 Å². The zero-order valence-corrected chi connectivity index (χ0v) is 10.5. The van der Waals surface area contributed by atoms with Gasteiger partial charge < -0.3 is 10.3 Å². The van der Waals surface area contributed by atoms with Gasteiger partial charge in [0.2, 0.25) is 5.91 Å². The topological polar surface area (TPSA) is 44.9 Å². The number of benzene rings is 1. The van der Waals surface area contributed by atoms with Crippen molar-refractivity contribution in [3.63, 3.8) is 0 Å². The Morgan fingerprint density at radius 2 is 2.29 bits per heavy atom. The third-order valence-corrected chi connectivity index (χ3v) is 3.00. The van der Waals surface area contributed by atoms with Crippen molar-refractivity contribution in [2.24, 2.45) is 0 Å². The molecule has 0 saturated heterocycles. The lowest BCUT2D eigenvalue weighted by molar-refractivity contribution is -0.120. The number of carbonyl (C=O) groups is 1. The Kier molecular flexibility index (Phi) is 3.69. The van der Waals surface area contributed by atoms with Crippen LogP contribution in [0.4, 0.5) is 0 Å². The molecule has 4 heteroatoms. The Morgan fingerprint density at radius 3 is 3.06 bits per heavy atom. The molecule has 2 aromatic rings. The van der Waals surface area contributed by atoms with Gasteiger partial charge in [-0.15, -0.1) is 0 Å². The second-order valence-corrected chi connectivity index (χ2v) is 4.39. The molecule has 2 rings (SSSR count). The molecule has 90 valence electrons. The maximum absolute atomic E-state index is 11.1. The molecule has 0 aliphatic carbocycles. The van der Waals surface area contributed by atoms with Gasteiger partial charge in [-0.3, -0.25) is 4.79 Å². The van der Waals surface area contributed by atoms with E-state index in [0.717, 1.165) is 22.3 Å². The fourth-order valence-corrected chi connectivity index (χ4v) is 1.99. The van der Waals surface area contributed by atoms with Crippen LogP contribution in [0.25, 0.3) is 10.9 Å². The van der Waals surface area contributed by atoms with Crippen molar-refractivity contribution in [1.82, 2.24) is 10.3 Å². The monoisotopic (exact) mass is 250 g/mol. The largest absolute Gasteiger partial charge is 0.361 e. The average molecular weight is 251 g/mol. The van der Waals surface area contributed by atoms with Crippen molar-refractivity contribution in [3.05, 3.63) is 35.0 Å². The summed E-state index contributed by atoms with van der Waals surface area (Å²) in [5, 5.41) is 4.72. The Morgan fingerprint density at radius 1 is 1.47 bits per heavy atom. The van der Waals surface area contributed by atoms with Crippen LogP contribution in [-0.2, 0) is 11.2 Å². The molecule has 0 spiro atoms. The molecule has 0 fully saturated rings. The quantitative estimate of drug-likeness (QED) is 0.861. The molecule has 0 unspecified atom stereocenters. The van der Waals surface area contributed by atoms with Crippen LogP contribution in [0.5, 0.6) is 0 Å². The first-order chi connectivity index (χ1) is 8.20. The van der Waals surface area contributed by atoms with Crippen LogP contribution in [-0.4, -0.2) is 17.4 Å². The molecule has 0 atom stereocenters. The van der Waals surface area contributed by atoms with Crippen molar-refractivity contribution in [2.75, 3.05) is 6.54 Å². The molecular formula is C13H15ClN2O. The lowest BCUT2D eigenvalue weighted by atomic mass is 10.1. The smallest absolute Gasteiger partial charge is 0.219 e. The molecule has 0 aliphatic heterocycles. The van der Waals surface area contributed by atoms with Crippen molar-refractivity contribution in [3.8, 4) is 0 Å². The molecule has 1 heterocycles. The molecular weight excluding hydrogens is 236 g/mol. The first kappa shape index (κ1) is 12.0. The molecule has 0 aliphatic rings. The molecule has 0 bridgehead atoms. The van der Waals surface area contributed by atoms with E-state index in [-0.39, 0.29) is 5.91 Å². The third kappa shape index (κ3) is 2.80.